The zero-order valence-corrected chi connectivity index (χ0v) is 12.7. The van der Waals surface area contributed by atoms with E-state index >= 15 is 0 Å². The zero-order valence-electron chi connectivity index (χ0n) is 9.75. The predicted octanol–water partition coefficient (Wildman–Crippen LogP) is 4.51. The Morgan fingerprint density at radius 2 is 1.84 bits per heavy atom. The van der Waals surface area contributed by atoms with Gasteiger partial charge >= 0.3 is 0 Å². The van der Waals surface area contributed by atoms with Crippen LogP contribution >= 0.6 is 34.2 Å². The summed E-state index contributed by atoms with van der Waals surface area (Å²) in [5.74, 6) is 0. The van der Waals surface area contributed by atoms with E-state index < -0.39 is 0 Å². The highest BCUT2D eigenvalue weighted by atomic mass is 127. The number of hydrogen-bond acceptors (Lipinski definition) is 3. The monoisotopic (exact) mass is 377 g/mol. The first-order valence-corrected chi connectivity index (χ1v) is 7.64. The van der Waals surface area contributed by atoms with E-state index in [4.69, 9.17) is 0 Å². The summed E-state index contributed by atoms with van der Waals surface area (Å²) in [4.78, 5) is 8.91. The number of thiazole rings is 1. The predicted molar refractivity (Wildman–Crippen MR) is 87.8 cm³/mol. The van der Waals surface area contributed by atoms with Gasteiger partial charge in [-0.15, -0.1) is 11.3 Å². The highest BCUT2D eigenvalue weighted by molar-refractivity contribution is 14.1. The number of imidazole rings is 1. The van der Waals surface area contributed by atoms with Crippen LogP contribution in [0.15, 0.2) is 48.2 Å². The van der Waals surface area contributed by atoms with E-state index in [-0.39, 0.29) is 0 Å². The molecule has 5 heteroatoms. The molecule has 19 heavy (non-hydrogen) atoms. The summed E-state index contributed by atoms with van der Waals surface area (Å²) < 4.78 is 3.24. The van der Waals surface area contributed by atoms with Gasteiger partial charge in [0.1, 0.15) is 6.33 Å². The molecule has 92 valence electrons. The molecule has 0 saturated heterocycles. The van der Waals surface area contributed by atoms with Crippen LogP contribution < -0.4 is 0 Å². The van der Waals surface area contributed by atoms with E-state index in [1.807, 2.05) is 20.7 Å². The number of nitrogens with zero attached hydrogens (tertiary/aromatic N) is 3. The van der Waals surface area contributed by atoms with Gasteiger partial charge in [0.25, 0.3) is 0 Å². The van der Waals surface area contributed by atoms with Crippen LogP contribution in [0.2, 0.25) is 0 Å². The second-order valence-corrected chi connectivity index (χ2v) is 6.13. The first-order valence-electron chi connectivity index (χ1n) is 5.79. The maximum Gasteiger partial charge on any atom is 0.105 e. The molecule has 0 fully saturated rings. The van der Waals surface area contributed by atoms with E-state index in [1.54, 1.807) is 11.3 Å². The molecular formula is C14H8IN3S. The first-order chi connectivity index (χ1) is 9.34. The maximum atomic E-state index is 4.53. The zero-order chi connectivity index (χ0) is 12.8. The van der Waals surface area contributed by atoms with Gasteiger partial charge < -0.3 is 0 Å². The van der Waals surface area contributed by atoms with Crippen molar-refractivity contribution in [3.05, 3.63) is 48.2 Å². The van der Waals surface area contributed by atoms with Crippen LogP contribution in [0.3, 0.4) is 0 Å². The minimum Gasteiger partial charge on any atom is -0.271 e. The molecule has 0 aliphatic rings. The Kier molecular flexibility index (Phi) is 2.56. The minimum absolute atomic E-state index is 1.04. The molecule has 2 aromatic heterocycles. The molecule has 2 heterocycles. The van der Waals surface area contributed by atoms with E-state index in [9.17, 15) is 0 Å². The molecule has 0 spiro atoms. The topological polar surface area (TPSA) is 30.7 Å². The third kappa shape index (κ3) is 1.68. The summed E-state index contributed by atoms with van der Waals surface area (Å²) in [7, 11) is 0. The van der Waals surface area contributed by atoms with Crippen molar-refractivity contribution in [2.45, 2.75) is 0 Å². The number of benzene rings is 2. The van der Waals surface area contributed by atoms with Gasteiger partial charge in [0.15, 0.2) is 0 Å². The summed E-state index contributed by atoms with van der Waals surface area (Å²) >= 11 is 3.93. The second kappa shape index (κ2) is 4.28. The van der Waals surface area contributed by atoms with Crippen LogP contribution in [0.5, 0.6) is 0 Å². The van der Waals surface area contributed by atoms with Gasteiger partial charge in [-0.1, -0.05) is 24.3 Å². The highest BCUT2D eigenvalue weighted by Gasteiger charge is 2.11. The average molecular weight is 377 g/mol. The van der Waals surface area contributed by atoms with Crippen molar-refractivity contribution in [3.63, 3.8) is 0 Å². The third-order valence-electron chi connectivity index (χ3n) is 3.18. The van der Waals surface area contributed by atoms with Gasteiger partial charge in [0.2, 0.25) is 0 Å². The largest absolute Gasteiger partial charge is 0.271 e. The van der Waals surface area contributed by atoms with Crippen LogP contribution in [0.1, 0.15) is 0 Å². The van der Waals surface area contributed by atoms with Gasteiger partial charge in [0.05, 0.1) is 49.6 Å². The van der Waals surface area contributed by atoms with Crippen molar-refractivity contribution in [2.75, 3.05) is 0 Å². The van der Waals surface area contributed by atoms with E-state index in [1.165, 1.54) is 15.8 Å². The van der Waals surface area contributed by atoms with Crippen molar-refractivity contribution in [2.24, 2.45) is 0 Å². The number of aromatic nitrogens is 3. The molecule has 0 aliphatic heterocycles. The highest BCUT2D eigenvalue weighted by Crippen LogP contribution is 2.35. The van der Waals surface area contributed by atoms with Gasteiger partial charge in [-0.3, -0.25) is 2.78 Å². The van der Waals surface area contributed by atoms with Gasteiger partial charge in [-0.25, -0.2) is 9.97 Å². The summed E-state index contributed by atoms with van der Waals surface area (Å²) in [5.41, 5.74) is 7.50. The van der Waals surface area contributed by atoms with Crippen molar-refractivity contribution in [1.82, 2.24) is 12.7 Å². The second-order valence-electron chi connectivity index (χ2n) is 4.24. The number of hydrogen-bond donors (Lipinski definition) is 0. The van der Waals surface area contributed by atoms with E-state index in [0.717, 1.165) is 16.6 Å². The molecule has 0 unspecified atom stereocenters. The lowest BCUT2D eigenvalue weighted by Crippen LogP contribution is -1.82. The molecule has 0 aliphatic carbocycles. The lowest BCUT2D eigenvalue weighted by molar-refractivity contribution is 1.31. The van der Waals surface area contributed by atoms with Crippen molar-refractivity contribution in [1.29, 1.82) is 0 Å². The Bertz CT molecular complexity index is 894. The first kappa shape index (κ1) is 11.4. The van der Waals surface area contributed by atoms with Crippen molar-refractivity contribution in [3.8, 4) is 11.1 Å². The Morgan fingerprint density at radius 3 is 2.79 bits per heavy atom. The molecule has 3 nitrogen and oxygen atoms in total. The maximum absolute atomic E-state index is 4.53. The van der Waals surface area contributed by atoms with Gasteiger partial charge in [-0.05, 0) is 12.1 Å². The van der Waals surface area contributed by atoms with E-state index in [0.29, 0.717) is 0 Å². The fraction of sp³-hybridized carbons (Fsp3) is 0. The number of para-hydroxylation sites is 1. The smallest absolute Gasteiger partial charge is 0.105 e. The van der Waals surface area contributed by atoms with Gasteiger partial charge in [0, 0.05) is 11.1 Å². The SMILES string of the molecule is In1cnc2c(-c3cccc4ncsc34)cccc21. The fourth-order valence-corrected chi connectivity index (χ4v) is 3.66. The summed E-state index contributed by atoms with van der Waals surface area (Å²) in [6.07, 6.45) is 1.85. The molecule has 0 bridgehead atoms. The molecule has 0 amide bonds. The number of halogens is 1. The quantitative estimate of drug-likeness (QED) is 0.457. The van der Waals surface area contributed by atoms with E-state index in [2.05, 4.69) is 63.2 Å². The summed E-state index contributed by atoms with van der Waals surface area (Å²) in [6, 6.07) is 12.5. The molecule has 4 rings (SSSR count). The summed E-state index contributed by atoms with van der Waals surface area (Å²) in [5, 5.41) is 0. The Labute approximate surface area is 127 Å². The number of rotatable bonds is 1. The minimum atomic E-state index is 1.04. The normalized spacial score (nSPS) is 11.4. The molecular weight excluding hydrogens is 369 g/mol. The molecule has 2 aromatic carbocycles. The Hall–Kier alpha value is -1.47. The lowest BCUT2D eigenvalue weighted by Gasteiger charge is -2.04. The summed E-state index contributed by atoms with van der Waals surface area (Å²) in [6.45, 7) is 0. The molecule has 4 aromatic rings. The lowest BCUT2D eigenvalue weighted by atomic mass is 10.0. The van der Waals surface area contributed by atoms with Crippen LogP contribution in [0.4, 0.5) is 0 Å². The standard InChI is InChI=1S/C14H8IN3S/c15-18-7-16-13-9(3-2-6-12(13)18)10-4-1-5-11-14(10)19-8-17-11/h1-8H. The average Bonchev–Trinajstić information content (AvgIpc) is 3.05. The van der Waals surface area contributed by atoms with Crippen LogP contribution in [0.25, 0.3) is 32.4 Å². The van der Waals surface area contributed by atoms with Crippen LogP contribution in [-0.4, -0.2) is 12.7 Å². The molecule has 0 N–H and O–H groups in total. The molecule has 0 atom stereocenters. The third-order valence-corrected chi connectivity index (χ3v) is 4.82. The molecule has 0 saturated carbocycles. The fourth-order valence-electron chi connectivity index (χ4n) is 2.33. The molecule has 0 radical (unpaired) electrons. The van der Waals surface area contributed by atoms with Crippen molar-refractivity contribution >= 4 is 55.5 Å². The Morgan fingerprint density at radius 1 is 1.00 bits per heavy atom. The van der Waals surface area contributed by atoms with Crippen molar-refractivity contribution < 1.29 is 0 Å². The van der Waals surface area contributed by atoms with Crippen LogP contribution in [-0.2, 0) is 0 Å². The van der Waals surface area contributed by atoms with Gasteiger partial charge in [-0.2, -0.15) is 0 Å². The van der Waals surface area contributed by atoms with Crippen LogP contribution in [0, 0.1) is 0 Å². The number of fused-ring (bicyclic) bond motifs is 2. The Balaban J connectivity index is 2.12.